The fourth-order valence-electron chi connectivity index (χ4n) is 1.01. The maximum atomic E-state index is 10.5. The van der Waals surface area contributed by atoms with Crippen LogP contribution in [0.15, 0.2) is 18.3 Å². The lowest BCUT2D eigenvalue weighted by molar-refractivity contribution is -0.108. The number of anilines is 1. The number of pyridine rings is 1. The Hall–Kier alpha value is -1.38. The van der Waals surface area contributed by atoms with Crippen LogP contribution in [0.4, 0.5) is 5.82 Å². The van der Waals surface area contributed by atoms with Crippen LogP contribution in [-0.4, -0.2) is 25.4 Å². The fraction of sp³-hybridized carbons (Fsp3) is 0.400. The zero-order valence-corrected chi connectivity index (χ0v) is 8.19. The zero-order valence-electron chi connectivity index (χ0n) is 8.19. The Labute approximate surface area is 78.4 Å². The first kappa shape index (κ1) is 9.71. The standard InChI is InChI=1S/C10H14N2O/c1-8(7-13)9-4-5-10(11-6-9)12(2)3/h4-8H,1-3H3. The third kappa shape index (κ3) is 2.28. The molecule has 3 nitrogen and oxygen atoms in total. The highest BCUT2D eigenvalue weighted by molar-refractivity contribution is 5.61. The Morgan fingerprint density at radius 2 is 2.15 bits per heavy atom. The normalized spacial score (nSPS) is 12.2. The van der Waals surface area contributed by atoms with Gasteiger partial charge < -0.3 is 9.69 Å². The van der Waals surface area contributed by atoms with Gasteiger partial charge in [0.05, 0.1) is 0 Å². The number of hydrogen-bond acceptors (Lipinski definition) is 3. The average Bonchev–Trinajstić information content (AvgIpc) is 2.17. The van der Waals surface area contributed by atoms with Gasteiger partial charge in [0.25, 0.3) is 0 Å². The second-order valence-electron chi connectivity index (χ2n) is 3.27. The molecule has 13 heavy (non-hydrogen) atoms. The Morgan fingerprint density at radius 3 is 2.54 bits per heavy atom. The lowest BCUT2D eigenvalue weighted by Gasteiger charge is -2.11. The quantitative estimate of drug-likeness (QED) is 0.657. The molecule has 0 fully saturated rings. The molecule has 1 heterocycles. The van der Waals surface area contributed by atoms with Crippen LogP contribution in [0.1, 0.15) is 18.4 Å². The average molecular weight is 178 g/mol. The summed E-state index contributed by atoms with van der Waals surface area (Å²) in [5.41, 5.74) is 0.959. The van der Waals surface area contributed by atoms with Gasteiger partial charge in [0.15, 0.2) is 0 Å². The summed E-state index contributed by atoms with van der Waals surface area (Å²) in [4.78, 5) is 16.6. The number of nitrogens with zero attached hydrogens (tertiary/aromatic N) is 2. The van der Waals surface area contributed by atoms with Gasteiger partial charge in [0, 0.05) is 26.2 Å². The number of carbonyl (C=O) groups excluding carboxylic acids is 1. The van der Waals surface area contributed by atoms with Crippen LogP contribution in [0.25, 0.3) is 0 Å². The van der Waals surface area contributed by atoms with E-state index < -0.39 is 0 Å². The summed E-state index contributed by atoms with van der Waals surface area (Å²) in [5.74, 6) is 0.838. The summed E-state index contributed by atoms with van der Waals surface area (Å²) in [6.07, 6.45) is 2.67. The molecule has 1 atom stereocenters. The van der Waals surface area contributed by atoms with E-state index in [4.69, 9.17) is 0 Å². The van der Waals surface area contributed by atoms with Gasteiger partial charge >= 0.3 is 0 Å². The summed E-state index contributed by atoms with van der Waals surface area (Å²) >= 11 is 0. The van der Waals surface area contributed by atoms with Crippen molar-refractivity contribution in [3.63, 3.8) is 0 Å². The highest BCUT2D eigenvalue weighted by atomic mass is 16.1. The van der Waals surface area contributed by atoms with Crippen molar-refractivity contribution in [3.8, 4) is 0 Å². The number of hydrogen-bond donors (Lipinski definition) is 0. The van der Waals surface area contributed by atoms with Crippen LogP contribution in [0.3, 0.4) is 0 Å². The van der Waals surface area contributed by atoms with E-state index in [2.05, 4.69) is 4.98 Å². The van der Waals surface area contributed by atoms with E-state index in [0.717, 1.165) is 17.7 Å². The van der Waals surface area contributed by atoms with Gasteiger partial charge in [-0.25, -0.2) is 4.98 Å². The number of carbonyl (C=O) groups is 1. The van der Waals surface area contributed by atoms with Crippen molar-refractivity contribution < 1.29 is 4.79 Å². The molecule has 0 radical (unpaired) electrons. The van der Waals surface area contributed by atoms with Gasteiger partial charge in [0.1, 0.15) is 12.1 Å². The Morgan fingerprint density at radius 1 is 1.46 bits per heavy atom. The Kier molecular flexibility index (Phi) is 3.01. The van der Waals surface area contributed by atoms with E-state index >= 15 is 0 Å². The Bertz CT molecular complexity index is 279. The highest BCUT2D eigenvalue weighted by Crippen LogP contribution is 2.14. The molecule has 0 saturated heterocycles. The SMILES string of the molecule is CC(C=O)c1ccc(N(C)C)nc1. The summed E-state index contributed by atoms with van der Waals surface area (Å²) in [7, 11) is 3.87. The topological polar surface area (TPSA) is 33.2 Å². The van der Waals surface area contributed by atoms with Crippen LogP contribution < -0.4 is 4.90 Å². The van der Waals surface area contributed by atoms with E-state index in [1.807, 2.05) is 38.1 Å². The zero-order chi connectivity index (χ0) is 9.84. The molecule has 1 rings (SSSR count). The minimum absolute atomic E-state index is 0.0660. The van der Waals surface area contributed by atoms with Gasteiger partial charge in [-0.15, -0.1) is 0 Å². The second kappa shape index (κ2) is 4.03. The van der Waals surface area contributed by atoms with Crippen molar-refractivity contribution in [2.45, 2.75) is 12.8 Å². The lowest BCUT2D eigenvalue weighted by Crippen LogP contribution is -2.10. The smallest absolute Gasteiger partial charge is 0.127 e. The molecule has 0 saturated carbocycles. The van der Waals surface area contributed by atoms with E-state index in [0.29, 0.717) is 0 Å². The lowest BCUT2D eigenvalue weighted by atomic mass is 10.1. The van der Waals surface area contributed by atoms with Crippen LogP contribution in [0.2, 0.25) is 0 Å². The molecule has 3 heteroatoms. The Balaban J connectivity index is 2.87. The number of rotatable bonds is 3. The molecule has 1 unspecified atom stereocenters. The molecular formula is C10H14N2O. The van der Waals surface area contributed by atoms with Gasteiger partial charge in [-0.3, -0.25) is 0 Å². The third-order valence-corrected chi connectivity index (χ3v) is 1.96. The largest absolute Gasteiger partial charge is 0.363 e. The number of aldehydes is 1. The van der Waals surface area contributed by atoms with Gasteiger partial charge in [-0.05, 0) is 11.6 Å². The molecule has 0 aromatic carbocycles. The van der Waals surface area contributed by atoms with Crippen molar-refractivity contribution in [2.75, 3.05) is 19.0 Å². The predicted octanol–water partition coefficient (Wildman–Crippen LogP) is 1.45. The van der Waals surface area contributed by atoms with Crippen molar-refractivity contribution in [3.05, 3.63) is 23.9 Å². The minimum Gasteiger partial charge on any atom is -0.363 e. The van der Waals surface area contributed by atoms with E-state index in [1.165, 1.54) is 0 Å². The number of aromatic nitrogens is 1. The first-order valence-electron chi connectivity index (χ1n) is 4.23. The van der Waals surface area contributed by atoms with Crippen LogP contribution in [0.5, 0.6) is 0 Å². The van der Waals surface area contributed by atoms with Gasteiger partial charge in [0.2, 0.25) is 0 Å². The fourth-order valence-corrected chi connectivity index (χ4v) is 1.01. The van der Waals surface area contributed by atoms with Crippen molar-refractivity contribution in [1.29, 1.82) is 0 Å². The molecule has 0 bridgehead atoms. The summed E-state index contributed by atoms with van der Waals surface area (Å²) in [6, 6.07) is 3.84. The van der Waals surface area contributed by atoms with Crippen molar-refractivity contribution in [2.24, 2.45) is 0 Å². The third-order valence-electron chi connectivity index (χ3n) is 1.96. The van der Waals surface area contributed by atoms with Crippen LogP contribution >= 0.6 is 0 Å². The van der Waals surface area contributed by atoms with Crippen molar-refractivity contribution >= 4 is 12.1 Å². The van der Waals surface area contributed by atoms with E-state index in [1.54, 1.807) is 6.20 Å². The minimum atomic E-state index is -0.0660. The van der Waals surface area contributed by atoms with Gasteiger partial charge in [-0.2, -0.15) is 0 Å². The maximum Gasteiger partial charge on any atom is 0.127 e. The van der Waals surface area contributed by atoms with Crippen LogP contribution in [0, 0.1) is 0 Å². The van der Waals surface area contributed by atoms with Crippen molar-refractivity contribution in [1.82, 2.24) is 4.98 Å². The van der Waals surface area contributed by atoms with E-state index in [-0.39, 0.29) is 5.92 Å². The molecule has 1 aromatic heterocycles. The molecule has 0 amide bonds. The first-order valence-corrected chi connectivity index (χ1v) is 4.23. The van der Waals surface area contributed by atoms with Gasteiger partial charge in [-0.1, -0.05) is 13.0 Å². The highest BCUT2D eigenvalue weighted by Gasteiger charge is 2.04. The maximum absolute atomic E-state index is 10.5. The molecule has 0 aliphatic heterocycles. The molecule has 70 valence electrons. The first-order chi connectivity index (χ1) is 6.15. The molecule has 0 aliphatic carbocycles. The molecular weight excluding hydrogens is 164 g/mol. The summed E-state index contributed by atoms with van der Waals surface area (Å²) < 4.78 is 0. The second-order valence-corrected chi connectivity index (χ2v) is 3.27. The van der Waals surface area contributed by atoms with Crippen LogP contribution in [-0.2, 0) is 4.79 Å². The summed E-state index contributed by atoms with van der Waals surface area (Å²) in [5, 5.41) is 0. The summed E-state index contributed by atoms with van der Waals surface area (Å²) in [6.45, 7) is 1.86. The monoisotopic (exact) mass is 178 g/mol. The molecule has 0 N–H and O–H groups in total. The molecule has 0 spiro atoms. The van der Waals surface area contributed by atoms with E-state index in [9.17, 15) is 4.79 Å². The molecule has 0 aliphatic rings. The molecule has 1 aromatic rings. The predicted molar refractivity (Wildman–Crippen MR) is 53.0 cm³/mol.